The molecule has 2 heterocycles. The smallest absolute Gasteiger partial charge is 0.255 e. The average molecular weight is 682 g/mol. The lowest BCUT2D eigenvalue weighted by molar-refractivity contribution is -0.0603. The van der Waals surface area contributed by atoms with E-state index in [1.54, 1.807) is 57.2 Å². The highest BCUT2D eigenvalue weighted by Crippen LogP contribution is 2.42. The maximum atomic E-state index is 13.9. The van der Waals surface area contributed by atoms with E-state index in [1.807, 2.05) is 24.3 Å². The van der Waals surface area contributed by atoms with Gasteiger partial charge < -0.3 is 15.2 Å². The van der Waals surface area contributed by atoms with E-state index in [2.05, 4.69) is 22.0 Å². The van der Waals surface area contributed by atoms with Gasteiger partial charge in [-0.15, -0.1) is 11.3 Å². The van der Waals surface area contributed by atoms with E-state index in [9.17, 15) is 18.3 Å². The van der Waals surface area contributed by atoms with Crippen LogP contribution in [0.3, 0.4) is 0 Å². The number of aryl methyl sites for hydroxylation is 1. The molecule has 0 saturated heterocycles. The van der Waals surface area contributed by atoms with Crippen molar-refractivity contribution < 1.29 is 23.1 Å². The summed E-state index contributed by atoms with van der Waals surface area (Å²) in [6.45, 7) is 5.87. The first-order valence-electron chi connectivity index (χ1n) is 15.7. The summed E-state index contributed by atoms with van der Waals surface area (Å²) < 4.78 is 37.5. The number of carbonyl (C=O) groups excluding carboxylic acids is 1. The molecule has 8 nitrogen and oxygen atoms in total. The molecule has 3 N–H and O–H groups in total. The van der Waals surface area contributed by atoms with Gasteiger partial charge in [0, 0.05) is 39.1 Å². The average Bonchev–Trinajstić information content (AvgIpc) is 3.36. The number of nitrogens with zero attached hydrogens (tertiary/aromatic N) is 1. The number of hydrogen-bond acceptors (Lipinski definition) is 7. The number of anilines is 1. The fourth-order valence-electron chi connectivity index (χ4n) is 6.61. The third kappa shape index (κ3) is 6.56. The van der Waals surface area contributed by atoms with Crippen molar-refractivity contribution in [3.05, 3.63) is 87.9 Å². The number of halogens is 1. The minimum atomic E-state index is -4.09. The van der Waals surface area contributed by atoms with Gasteiger partial charge in [0.05, 0.1) is 6.04 Å². The van der Waals surface area contributed by atoms with Crippen LogP contribution >= 0.6 is 22.9 Å². The van der Waals surface area contributed by atoms with Crippen LogP contribution in [0, 0.1) is 6.92 Å². The Kier molecular flexibility index (Phi) is 9.23. The Morgan fingerprint density at radius 3 is 2.59 bits per heavy atom. The molecule has 1 aromatic heterocycles. The van der Waals surface area contributed by atoms with Gasteiger partial charge in [-0.25, -0.2) is 13.1 Å². The number of rotatable bonds is 8. The van der Waals surface area contributed by atoms with Crippen molar-refractivity contribution in [2.24, 2.45) is 0 Å². The zero-order valence-corrected chi connectivity index (χ0v) is 28.9. The highest BCUT2D eigenvalue weighted by Gasteiger charge is 2.45. The van der Waals surface area contributed by atoms with E-state index in [1.165, 1.54) is 32.1 Å². The number of ether oxygens (including phenoxy) is 1. The molecular weight excluding hydrogens is 642 g/mol. The second-order valence-electron chi connectivity index (χ2n) is 13.0. The number of aliphatic hydroxyl groups excluding tert-OH is 1. The molecule has 1 amide bonds. The van der Waals surface area contributed by atoms with Crippen LogP contribution in [-0.4, -0.2) is 49.1 Å². The fourth-order valence-corrected chi connectivity index (χ4v) is 9.77. The summed E-state index contributed by atoms with van der Waals surface area (Å²) in [7, 11) is -1.95. The predicted octanol–water partition coefficient (Wildman–Crippen LogP) is 7.43. The Hall–Kier alpha value is -2.99. The Bertz CT molecular complexity index is 1880. The summed E-state index contributed by atoms with van der Waals surface area (Å²) in [4.78, 5) is 16.0. The number of fused-ring (bicyclic) bond motifs is 2. The number of benzene rings is 3. The first-order valence-corrected chi connectivity index (χ1v) is 18.3. The van der Waals surface area contributed by atoms with Gasteiger partial charge in [-0.05, 0) is 99.6 Å². The fraction of sp³-hybridized carbons (Fsp3) is 0.400. The summed E-state index contributed by atoms with van der Waals surface area (Å²) in [6, 6.07) is 17.5. The lowest BCUT2D eigenvalue weighted by Crippen LogP contribution is -2.53. The molecule has 2 atom stereocenters. The van der Waals surface area contributed by atoms with E-state index in [0.29, 0.717) is 40.0 Å². The second kappa shape index (κ2) is 12.9. The van der Waals surface area contributed by atoms with Gasteiger partial charge in [-0.2, -0.15) is 0 Å². The molecule has 11 heteroatoms. The normalized spacial score (nSPS) is 20.0. The highest BCUT2D eigenvalue weighted by atomic mass is 35.5. The van der Waals surface area contributed by atoms with E-state index < -0.39 is 27.8 Å². The largest absolute Gasteiger partial charge is 0.485 e. The molecule has 4 aromatic rings. The Morgan fingerprint density at radius 2 is 1.83 bits per heavy atom. The highest BCUT2D eigenvalue weighted by molar-refractivity contribution is 7.91. The molecule has 3 aromatic carbocycles. The van der Waals surface area contributed by atoms with Crippen LogP contribution in [-0.2, 0) is 16.6 Å². The molecular formula is C35H40ClN3O5S2. The number of hydrogen-bond donors (Lipinski definition) is 3. The van der Waals surface area contributed by atoms with Crippen LogP contribution in [0.1, 0.15) is 79.0 Å². The van der Waals surface area contributed by atoms with Crippen molar-refractivity contribution in [1.82, 2.24) is 9.62 Å². The van der Waals surface area contributed by atoms with Gasteiger partial charge in [0.1, 0.15) is 21.7 Å². The number of aliphatic hydroxyl groups is 1. The van der Waals surface area contributed by atoms with Crippen LogP contribution in [0.4, 0.5) is 5.69 Å². The number of thiophene rings is 1. The number of amides is 1. The van der Waals surface area contributed by atoms with Gasteiger partial charge in [0.15, 0.2) is 0 Å². The molecule has 2 unspecified atom stereocenters. The molecule has 1 aliphatic carbocycles. The summed E-state index contributed by atoms with van der Waals surface area (Å²) in [5, 5.41) is 15.8. The van der Waals surface area contributed by atoms with Gasteiger partial charge >= 0.3 is 0 Å². The van der Waals surface area contributed by atoms with Crippen molar-refractivity contribution in [2.45, 2.75) is 87.4 Å². The Balaban J connectivity index is 1.28. The van der Waals surface area contributed by atoms with Crippen molar-refractivity contribution in [3.63, 3.8) is 0 Å². The van der Waals surface area contributed by atoms with Gasteiger partial charge in [-0.3, -0.25) is 9.69 Å². The zero-order valence-electron chi connectivity index (χ0n) is 26.5. The molecule has 1 fully saturated rings. The number of nitrogens with one attached hydrogen (secondary N) is 2. The number of carbonyl (C=O) groups is 1. The molecule has 46 heavy (non-hydrogen) atoms. The Morgan fingerprint density at radius 1 is 1.09 bits per heavy atom. The lowest BCUT2D eigenvalue weighted by Gasteiger charge is -2.42. The van der Waals surface area contributed by atoms with Crippen LogP contribution in [0.25, 0.3) is 10.1 Å². The van der Waals surface area contributed by atoms with Crippen LogP contribution in [0.2, 0.25) is 5.02 Å². The predicted molar refractivity (Wildman–Crippen MR) is 185 cm³/mol. The van der Waals surface area contributed by atoms with Gasteiger partial charge in [0.25, 0.3) is 15.9 Å². The molecule has 1 aliphatic heterocycles. The van der Waals surface area contributed by atoms with E-state index >= 15 is 0 Å². The van der Waals surface area contributed by atoms with Crippen molar-refractivity contribution in [3.8, 4) is 5.75 Å². The van der Waals surface area contributed by atoms with Gasteiger partial charge in [0.2, 0.25) is 0 Å². The monoisotopic (exact) mass is 681 g/mol. The SMILES string of the molecule is Cc1c(S(=O)(=O)NC2c3cc(C(=O)Nc4ccccc4CN(C)C4CCCCC4)ccc3OC(C)(C)C2O)sc2ccc(Cl)cc12. The summed E-state index contributed by atoms with van der Waals surface area (Å²) in [5.74, 6) is 0.0580. The summed E-state index contributed by atoms with van der Waals surface area (Å²) in [5.41, 5.74) is 1.93. The minimum Gasteiger partial charge on any atom is -0.485 e. The first-order chi connectivity index (χ1) is 21.8. The van der Waals surface area contributed by atoms with E-state index in [0.717, 1.165) is 32.7 Å². The van der Waals surface area contributed by atoms with Crippen molar-refractivity contribution in [2.75, 3.05) is 12.4 Å². The standard InChI is InChI=1S/C35H40ClN3O5S2/c1-21-26-19-24(36)15-17-30(26)45-34(21)46(42,43)38-31-27-18-22(14-16-29(27)44-35(2,3)32(31)40)33(41)37-28-13-9-8-10-23(28)20-39(4)25-11-6-5-7-12-25/h8-10,13-19,25,31-32,38,40H,5-7,11-12,20H2,1-4H3,(H,37,41). The number of sulfonamides is 1. The molecule has 6 rings (SSSR count). The minimum absolute atomic E-state index is 0.145. The van der Waals surface area contributed by atoms with Crippen molar-refractivity contribution in [1.29, 1.82) is 0 Å². The van der Waals surface area contributed by atoms with E-state index in [4.69, 9.17) is 16.3 Å². The Labute approximate surface area is 279 Å². The van der Waals surface area contributed by atoms with Gasteiger partial charge in [-0.1, -0.05) is 49.1 Å². The molecule has 244 valence electrons. The zero-order chi connectivity index (χ0) is 32.8. The summed E-state index contributed by atoms with van der Waals surface area (Å²) in [6.07, 6.45) is 4.92. The molecule has 1 saturated carbocycles. The lowest BCUT2D eigenvalue weighted by atomic mass is 9.86. The van der Waals surface area contributed by atoms with Crippen LogP contribution in [0.15, 0.2) is 64.9 Å². The van der Waals surface area contributed by atoms with Crippen molar-refractivity contribution >= 4 is 54.6 Å². The first kappa shape index (κ1) is 32.9. The van der Waals surface area contributed by atoms with Crippen LogP contribution in [0.5, 0.6) is 5.75 Å². The molecule has 0 radical (unpaired) electrons. The second-order valence-corrected chi connectivity index (χ2v) is 16.4. The number of para-hydroxylation sites is 1. The third-order valence-electron chi connectivity index (χ3n) is 9.27. The maximum absolute atomic E-state index is 13.9. The maximum Gasteiger partial charge on any atom is 0.255 e. The molecule has 0 bridgehead atoms. The summed E-state index contributed by atoms with van der Waals surface area (Å²) >= 11 is 7.33. The quantitative estimate of drug-likeness (QED) is 0.179. The molecule has 2 aliphatic rings. The molecule has 0 spiro atoms. The topological polar surface area (TPSA) is 108 Å². The van der Waals surface area contributed by atoms with Crippen LogP contribution < -0.4 is 14.8 Å². The van der Waals surface area contributed by atoms with E-state index in [-0.39, 0.29) is 10.1 Å². The third-order valence-corrected chi connectivity index (χ3v) is 12.8.